The number of rotatable bonds is 9. The lowest BCUT2D eigenvalue weighted by molar-refractivity contribution is -0.192. The first-order valence-corrected chi connectivity index (χ1v) is 17.0. The van der Waals surface area contributed by atoms with Gasteiger partial charge in [-0.3, -0.25) is 4.79 Å². The number of aliphatic carboxylic acids is 1. The average Bonchev–Trinajstić information content (AvgIpc) is 3.60. The number of sulfonamides is 1. The summed E-state index contributed by atoms with van der Waals surface area (Å²) >= 11 is 3.23. The van der Waals surface area contributed by atoms with E-state index in [9.17, 15) is 26.4 Å². The van der Waals surface area contributed by atoms with Crippen LogP contribution in [0, 0.1) is 5.92 Å². The summed E-state index contributed by atoms with van der Waals surface area (Å²) in [6, 6.07) is 7.92. The number of hydrogen-bond donors (Lipinski definition) is 3. The second-order valence-electron chi connectivity index (χ2n) is 11.8. The number of ether oxygens (including phenoxy) is 1. The highest BCUT2D eigenvalue weighted by molar-refractivity contribution is 9.10. The van der Waals surface area contributed by atoms with Crippen molar-refractivity contribution in [2.24, 2.45) is 11.7 Å². The number of nitrogens with two attached hydrogens (primary N) is 1. The van der Waals surface area contributed by atoms with E-state index in [2.05, 4.69) is 20.7 Å². The van der Waals surface area contributed by atoms with Crippen molar-refractivity contribution in [3.8, 4) is 5.75 Å². The van der Waals surface area contributed by atoms with Crippen molar-refractivity contribution in [2.45, 2.75) is 92.5 Å². The van der Waals surface area contributed by atoms with Crippen LogP contribution in [0.3, 0.4) is 0 Å². The largest absolute Gasteiger partial charge is 0.493 e. The fraction of sp³-hybridized carbons (Fsp3) is 0.533. The minimum absolute atomic E-state index is 0.108. The van der Waals surface area contributed by atoms with Gasteiger partial charge in [0.25, 0.3) is 5.92 Å². The van der Waals surface area contributed by atoms with Gasteiger partial charge >= 0.3 is 12.1 Å². The lowest BCUT2D eigenvalue weighted by atomic mass is 9.95. The molecule has 46 heavy (non-hydrogen) atoms. The maximum atomic E-state index is 16.0. The first-order valence-electron chi connectivity index (χ1n) is 14.8. The molecule has 16 heteroatoms. The summed E-state index contributed by atoms with van der Waals surface area (Å²) < 4.78 is 99.1. The third kappa shape index (κ3) is 8.75. The molecule has 2 aromatic carbocycles. The van der Waals surface area contributed by atoms with E-state index in [0.717, 1.165) is 12.8 Å². The Balaban J connectivity index is 0.000000617. The number of carbonyl (C=O) groups excluding carboxylic acids is 1. The third-order valence-electron chi connectivity index (χ3n) is 8.47. The van der Waals surface area contributed by atoms with Gasteiger partial charge in [-0.2, -0.15) is 26.7 Å². The Hall–Kier alpha value is -2.82. The molecule has 5 rings (SSSR count). The SMILES string of the molecule is NC1CC2CCC(C1)N2C(=O)C(NS(=O)(=O)c1ccc(OCC2CCCC2)cc1)C(F)(F)c1ccc(Br)cc1.O=C(O)C(F)(F)F. The molecule has 4 N–H and O–H groups in total. The number of carbonyl (C=O) groups is 2. The quantitative estimate of drug-likeness (QED) is 0.286. The highest BCUT2D eigenvalue weighted by atomic mass is 79.9. The number of hydrogen-bond acceptors (Lipinski definition) is 6. The molecule has 2 aromatic rings. The van der Waals surface area contributed by atoms with Gasteiger partial charge in [0.05, 0.1) is 11.5 Å². The summed E-state index contributed by atoms with van der Waals surface area (Å²) in [7, 11) is -4.48. The van der Waals surface area contributed by atoms with Crippen molar-refractivity contribution in [1.29, 1.82) is 0 Å². The number of piperidine rings is 1. The van der Waals surface area contributed by atoms with Crippen LogP contribution in [-0.2, 0) is 25.5 Å². The molecule has 9 nitrogen and oxygen atoms in total. The number of carboxylic acid groups (broad SMARTS) is 1. The maximum absolute atomic E-state index is 16.0. The van der Waals surface area contributed by atoms with Gasteiger partial charge in [-0.05, 0) is 80.8 Å². The minimum atomic E-state index is -5.08. The number of halogens is 6. The molecule has 2 aliphatic heterocycles. The lowest BCUT2D eigenvalue weighted by Gasteiger charge is -2.41. The van der Waals surface area contributed by atoms with Gasteiger partial charge in [0, 0.05) is 28.2 Å². The maximum Gasteiger partial charge on any atom is 0.490 e. The zero-order valence-electron chi connectivity index (χ0n) is 24.6. The normalized spacial score (nSPS) is 22.6. The number of amides is 1. The monoisotopic (exact) mass is 739 g/mol. The van der Waals surface area contributed by atoms with E-state index in [1.54, 1.807) is 0 Å². The molecule has 3 aliphatic rings. The van der Waals surface area contributed by atoms with E-state index < -0.39 is 45.6 Å². The van der Waals surface area contributed by atoms with Crippen molar-refractivity contribution in [1.82, 2.24) is 9.62 Å². The van der Waals surface area contributed by atoms with Crippen molar-refractivity contribution in [2.75, 3.05) is 6.61 Å². The predicted octanol–water partition coefficient (Wildman–Crippen LogP) is 5.57. The van der Waals surface area contributed by atoms with E-state index in [-0.39, 0.29) is 23.0 Å². The Morgan fingerprint density at radius 2 is 1.48 bits per heavy atom. The number of carboxylic acids is 1. The van der Waals surface area contributed by atoms with Crippen LogP contribution in [0.25, 0.3) is 0 Å². The van der Waals surface area contributed by atoms with Gasteiger partial charge in [0.2, 0.25) is 15.9 Å². The zero-order valence-corrected chi connectivity index (χ0v) is 27.0. The predicted molar refractivity (Wildman–Crippen MR) is 161 cm³/mol. The van der Waals surface area contributed by atoms with Crippen molar-refractivity contribution in [3.63, 3.8) is 0 Å². The minimum Gasteiger partial charge on any atom is -0.493 e. The summed E-state index contributed by atoms with van der Waals surface area (Å²) in [5.74, 6) is -6.50. The van der Waals surface area contributed by atoms with E-state index in [1.165, 1.54) is 66.3 Å². The molecule has 2 saturated heterocycles. The van der Waals surface area contributed by atoms with Crippen LogP contribution in [0.1, 0.15) is 56.9 Å². The van der Waals surface area contributed by atoms with Gasteiger partial charge in [-0.15, -0.1) is 0 Å². The van der Waals surface area contributed by atoms with Gasteiger partial charge in [-0.25, -0.2) is 13.2 Å². The number of nitrogens with one attached hydrogen (secondary N) is 1. The molecular formula is C30H35BrF5N3O6S. The topological polar surface area (TPSA) is 139 Å². The number of benzene rings is 2. The highest BCUT2D eigenvalue weighted by Crippen LogP contribution is 2.40. The second-order valence-corrected chi connectivity index (χ2v) is 14.4. The van der Waals surface area contributed by atoms with Crippen molar-refractivity contribution < 1.29 is 49.8 Å². The molecule has 2 heterocycles. The summed E-state index contributed by atoms with van der Waals surface area (Å²) in [6.07, 6.45) is 1.86. The van der Waals surface area contributed by atoms with Crippen LogP contribution in [0.2, 0.25) is 0 Å². The first kappa shape index (κ1) is 36.0. The summed E-state index contributed by atoms with van der Waals surface area (Å²) in [4.78, 5) is 23.9. The van der Waals surface area contributed by atoms with Crippen LogP contribution in [0.5, 0.6) is 5.75 Å². The zero-order chi connectivity index (χ0) is 33.9. The summed E-state index contributed by atoms with van der Waals surface area (Å²) in [5, 5.41) is 7.12. The third-order valence-corrected chi connectivity index (χ3v) is 10.4. The van der Waals surface area contributed by atoms with Crippen LogP contribution >= 0.6 is 15.9 Å². The molecule has 3 fully saturated rings. The molecular weight excluding hydrogens is 705 g/mol. The Morgan fingerprint density at radius 3 is 1.98 bits per heavy atom. The molecule has 3 atom stereocenters. The van der Waals surface area contributed by atoms with E-state index in [0.29, 0.717) is 48.4 Å². The molecule has 1 amide bonds. The Kier molecular flexibility index (Phi) is 11.4. The molecule has 1 saturated carbocycles. The fourth-order valence-electron chi connectivity index (χ4n) is 6.18. The number of alkyl halides is 5. The lowest BCUT2D eigenvalue weighted by Crippen LogP contribution is -2.60. The Labute approximate surface area is 271 Å². The van der Waals surface area contributed by atoms with E-state index >= 15 is 8.78 Å². The number of nitrogens with zero attached hydrogens (tertiary/aromatic N) is 1. The first-order chi connectivity index (χ1) is 21.5. The fourth-order valence-corrected chi connectivity index (χ4v) is 7.63. The summed E-state index contributed by atoms with van der Waals surface area (Å²) in [5.41, 5.74) is 5.66. The van der Waals surface area contributed by atoms with Gasteiger partial charge in [-0.1, -0.05) is 40.9 Å². The molecule has 0 spiro atoms. The van der Waals surface area contributed by atoms with E-state index in [4.69, 9.17) is 20.4 Å². The summed E-state index contributed by atoms with van der Waals surface area (Å²) in [6.45, 7) is 0.558. The van der Waals surface area contributed by atoms with Crippen molar-refractivity contribution in [3.05, 3.63) is 58.6 Å². The van der Waals surface area contributed by atoms with Gasteiger partial charge in [0.15, 0.2) is 6.04 Å². The van der Waals surface area contributed by atoms with Gasteiger partial charge < -0.3 is 20.5 Å². The average molecular weight is 741 g/mol. The molecule has 0 aromatic heterocycles. The van der Waals surface area contributed by atoms with Crippen LogP contribution < -0.4 is 15.2 Å². The number of fused-ring (bicyclic) bond motifs is 2. The van der Waals surface area contributed by atoms with E-state index in [1.807, 2.05) is 0 Å². The van der Waals surface area contributed by atoms with Crippen molar-refractivity contribution >= 4 is 37.8 Å². The molecule has 1 aliphatic carbocycles. The Morgan fingerprint density at radius 1 is 0.957 bits per heavy atom. The molecule has 2 bridgehead atoms. The molecule has 0 radical (unpaired) electrons. The standard InChI is InChI=1S/C28H34BrF2N3O4S.C2HF3O2/c29-20-7-5-19(6-8-20)28(30,31)26(27(35)34-22-9-10-23(34)16-21(32)15-22)33-39(36,37)25-13-11-24(12-14-25)38-17-18-3-1-2-4-18;3-2(4,5)1(6)7/h5-8,11-14,18,21-23,26,33H,1-4,9-10,15-17,32H2;(H,6,7). The molecule has 3 unspecified atom stereocenters. The Bertz CT molecular complexity index is 1460. The highest BCUT2D eigenvalue weighted by Gasteiger charge is 2.53. The van der Waals surface area contributed by atoms with Crippen LogP contribution in [0.4, 0.5) is 22.0 Å². The molecule has 254 valence electrons. The van der Waals surface area contributed by atoms with Gasteiger partial charge in [0.1, 0.15) is 5.75 Å². The second kappa shape index (κ2) is 14.5. The smallest absolute Gasteiger partial charge is 0.490 e. The van der Waals surface area contributed by atoms with Crippen LogP contribution in [0.15, 0.2) is 57.9 Å². The van der Waals surface area contributed by atoms with Crippen LogP contribution in [-0.4, -0.2) is 67.3 Å².